The van der Waals surface area contributed by atoms with Crippen molar-refractivity contribution in [2.24, 2.45) is 0 Å². The molecular weight excluding hydrogens is 386 g/mol. The van der Waals surface area contributed by atoms with E-state index in [1.165, 1.54) is 14.0 Å². The van der Waals surface area contributed by atoms with Gasteiger partial charge in [-0.05, 0) is 38.1 Å². The smallest absolute Gasteiger partial charge is 0.248 e. The van der Waals surface area contributed by atoms with Crippen LogP contribution in [0.25, 0.3) is 0 Å². The molecule has 2 rings (SSSR count). The number of carbonyl (C=O) groups is 1. The summed E-state index contributed by atoms with van der Waals surface area (Å²) in [7, 11) is -2.51. The molecule has 0 aliphatic heterocycles. The average Bonchev–Trinajstić information content (AvgIpc) is 2.81. The molecule has 0 atom stereocenters. The first-order valence-corrected chi connectivity index (χ1v) is 8.89. The summed E-state index contributed by atoms with van der Waals surface area (Å²) < 4.78 is 31.7. The van der Waals surface area contributed by atoms with Crippen molar-refractivity contribution in [2.45, 2.75) is 18.7 Å². The molecule has 0 spiro atoms. The van der Waals surface area contributed by atoms with E-state index < -0.39 is 15.9 Å². The van der Waals surface area contributed by atoms with Crippen molar-refractivity contribution in [2.75, 3.05) is 18.9 Å². The summed E-state index contributed by atoms with van der Waals surface area (Å²) in [5.74, 6) is -0.243. The van der Waals surface area contributed by atoms with Crippen molar-refractivity contribution >= 4 is 37.5 Å². The van der Waals surface area contributed by atoms with Crippen LogP contribution >= 0.6 is 15.9 Å². The first-order valence-electron chi connectivity index (χ1n) is 6.66. The lowest BCUT2D eigenvalue weighted by Crippen LogP contribution is -2.35. The molecule has 0 saturated carbocycles. The van der Waals surface area contributed by atoms with Gasteiger partial charge >= 0.3 is 0 Å². The molecule has 1 heterocycles. The number of benzene rings is 1. The molecule has 1 N–H and O–H groups in total. The van der Waals surface area contributed by atoms with E-state index in [0.29, 0.717) is 5.69 Å². The maximum Gasteiger partial charge on any atom is 0.248 e. The summed E-state index contributed by atoms with van der Waals surface area (Å²) in [6.07, 6.45) is 0. The lowest BCUT2D eigenvalue weighted by Gasteiger charge is -2.16. The zero-order valence-electron chi connectivity index (χ0n) is 12.8. The number of anilines is 1. The average molecular weight is 402 g/mol. The number of amides is 1. The first kappa shape index (κ1) is 17.6. The summed E-state index contributed by atoms with van der Waals surface area (Å²) in [5, 5.41) is 6.28. The van der Waals surface area contributed by atoms with Crippen molar-refractivity contribution in [1.29, 1.82) is 0 Å². The number of sulfonamides is 1. The van der Waals surface area contributed by atoms with Crippen LogP contribution in [0.4, 0.5) is 5.69 Å². The maximum absolute atomic E-state index is 12.5. The SMILES string of the molecule is Cc1noc(C)c1S(=O)(=O)N(C)CC(=O)Nc1ccc(Br)cc1. The van der Waals surface area contributed by atoms with Gasteiger partial charge in [0, 0.05) is 17.2 Å². The van der Waals surface area contributed by atoms with Crippen LogP contribution in [0.2, 0.25) is 0 Å². The fraction of sp³-hybridized carbons (Fsp3) is 0.286. The van der Waals surface area contributed by atoms with Crippen molar-refractivity contribution in [3.8, 4) is 0 Å². The summed E-state index contributed by atoms with van der Waals surface area (Å²) >= 11 is 3.30. The molecule has 0 bridgehead atoms. The molecule has 7 nitrogen and oxygen atoms in total. The molecule has 23 heavy (non-hydrogen) atoms. The minimum absolute atomic E-state index is 0.00329. The standard InChI is InChI=1S/C14H16BrN3O4S/c1-9-14(10(2)22-17-9)23(20,21)18(3)8-13(19)16-12-6-4-11(15)5-7-12/h4-7H,8H2,1-3H3,(H,16,19). The Morgan fingerprint density at radius 2 is 1.91 bits per heavy atom. The van der Waals surface area contributed by atoms with Crippen LogP contribution in [-0.4, -0.2) is 37.4 Å². The number of aryl methyl sites for hydroxylation is 2. The highest BCUT2D eigenvalue weighted by molar-refractivity contribution is 9.10. The number of nitrogens with zero attached hydrogens (tertiary/aromatic N) is 2. The Bertz CT molecular complexity index is 796. The number of halogens is 1. The molecule has 0 radical (unpaired) electrons. The first-order chi connectivity index (χ1) is 10.7. The van der Waals surface area contributed by atoms with Gasteiger partial charge in [0.1, 0.15) is 10.6 Å². The van der Waals surface area contributed by atoms with Crippen molar-refractivity contribution in [1.82, 2.24) is 9.46 Å². The van der Waals surface area contributed by atoms with Crippen molar-refractivity contribution < 1.29 is 17.7 Å². The van der Waals surface area contributed by atoms with E-state index in [9.17, 15) is 13.2 Å². The van der Waals surface area contributed by atoms with Crippen LogP contribution in [0.1, 0.15) is 11.5 Å². The minimum atomic E-state index is -3.84. The molecule has 0 aliphatic rings. The van der Waals surface area contributed by atoms with E-state index in [1.807, 2.05) is 0 Å². The Labute approximate surface area is 142 Å². The lowest BCUT2D eigenvalue weighted by molar-refractivity contribution is -0.116. The van der Waals surface area contributed by atoms with E-state index >= 15 is 0 Å². The molecule has 0 aliphatic carbocycles. The van der Waals surface area contributed by atoms with Crippen molar-refractivity contribution in [3.05, 3.63) is 40.2 Å². The molecular formula is C14H16BrN3O4S. The quantitative estimate of drug-likeness (QED) is 0.829. The van der Waals surface area contributed by atoms with Crippen LogP contribution in [0.5, 0.6) is 0 Å². The predicted octanol–water partition coefficient (Wildman–Crippen LogP) is 2.31. The van der Waals surface area contributed by atoms with Gasteiger partial charge in [0.05, 0.1) is 6.54 Å². The molecule has 2 aromatic rings. The predicted molar refractivity (Wildman–Crippen MR) is 88.6 cm³/mol. The van der Waals surface area contributed by atoms with Crippen LogP contribution in [-0.2, 0) is 14.8 Å². The molecule has 124 valence electrons. The van der Waals surface area contributed by atoms with Crippen LogP contribution in [0.3, 0.4) is 0 Å². The zero-order chi connectivity index (χ0) is 17.2. The highest BCUT2D eigenvalue weighted by Gasteiger charge is 2.29. The number of aromatic nitrogens is 1. The molecule has 1 aromatic heterocycles. The number of nitrogens with one attached hydrogen (secondary N) is 1. The Hall–Kier alpha value is -1.71. The summed E-state index contributed by atoms with van der Waals surface area (Å²) in [6, 6.07) is 6.98. The van der Waals surface area contributed by atoms with Gasteiger partial charge in [0.15, 0.2) is 5.76 Å². The number of carbonyl (C=O) groups excluding carboxylic acids is 1. The Morgan fingerprint density at radius 3 is 2.43 bits per heavy atom. The van der Waals surface area contributed by atoms with Gasteiger partial charge < -0.3 is 9.84 Å². The monoisotopic (exact) mass is 401 g/mol. The molecule has 9 heteroatoms. The molecule has 0 fully saturated rings. The topological polar surface area (TPSA) is 92.5 Å². The maximum atomic E-state index is 12.5. The van der Waals surface area contributed by atoms with Crippen LogP contribution < -0.4 is 5.32 Å². The highest BCUT2D eigenvalue weighted by atomic mass is 79.9. The summed E-state index contributed by atoms with van der Waals surface area (Å²) in [4.78, 5) is 12.0. The van der Waals surface area contributed by atoms with Gasteiger partial charge in [-0.2, -0.15) is 4.31 Å². The second kappa shape index (κ2) is 6.81. The van der Waals surface area contributed by atoms with E-state index in [1.54, 1.807) is 31.2 Å². The Kier molecular flexibility index (Phi) is 5.23. The van der Waals surface area contributed by atoms with Gasteiger partial charge in [0.2, 0.25) is 15.9 Å². The van der Waals surface area contributed by atoms with Gasteiger partial charge in [-0.1, -0.05) is 21.1 Å². The normalized spacial score (nSPS) is 11.7. The van der Waals surface area contributed by atoms with Gasteiger partial charge in [0.25, 0.3) is 0 Å². The lowest BCUT2D eigenvalue weighted by atomic mass is 10.3. The van der Waals surface area contributed by atoms with E-state index in [0.717, 1.165) is 8.78 Å². The van der Waals surface area contributed by atoms with Gasteiger partial charge in [-0.3, -0.25) is 4.79 Å². The molecule has 1 aromatic carbocycles. The van der Waals surface area contributed by atoms with Crippen LogP contribution in [0.15, 0.2) is 38.2 Å². The van der Waals surface area contributed by atoms with E-state index in [-0.39, 0.29) is 22.9 Å². The molecule has 1 amide bonds. The third-order valence-corrected chi connectivity index (χ3v) is 5.71. The van der Waals surface area contributed by atoms with Gasteiger partial charge in [-0.15, -0.1) is 0 Å². The second-order valence-corrected chi connectivity index (χ2v) is 7.87. The van der Waals surface area contributed by atoms with Gasteiger partial charge in [-0.25, -0.2) is 8.42 Å². The fourth-order valence-electron chi connectivity index (χ4n) is 2.02. The number of hydrogen-bond donors (Lipinski definition) is 1. The molecule has 0 saturated heterocycles. The minimum Gasteiger partial charge on any atom is -0.360 e. The van der Waals surface area contributed by atoms with Crippen molar-refractivity contribution in [3.63, 3.8) is 0 Å². The van der Waals surface area contributed by atoms with Crippen LogP contribution in [0, 0.1) is 13.8 Å². The number of rotatable bonds is 5. The van der Waals surface area contributed by atoms with E-state index in [2.05, 4.69) is 26.4 Å². The summed E-state index contributed by atoms with van der Waals surface area (Å²) in [6.45, 7) is 2.74. The third kappa shape index (κ3) is 3.98. The molecule has 0 unspecified atom stereocenters. The number of likely N-dealkylation sites (N-methyl/N-ethyl adjacent to an activating group) is 1. The zero-order valence-corrected chi connectivity index (χ0v) is 15.2. The fourth-order valence-corrected chi connectivity index (χ4v) is 3.69. The Balaban J connectivity index is 2.10. The number of hydrogen-bond acceptors (Lipinski definition) is 5. The Morgan fingerprint density at radius 1 is 1.30 bits per heavy atom. The van der Waals surface area contributed by atoms with E-state index in [4.69, 9.17) is 4.52 Å². The largest absolute Gasteiger partial charge is 0.360 e. The second-order valence-electron chi connectivity index (χ2n) is 4.97. The third-order valence-electron chi connectivity index (χ3n) is 3.13. The highest BCUT2D eigenvalue weighted by Crippen LogP contribution is 2.22. The summed E-state index contributed by atoms with van der Waals surface area (Å²) in [5.41, 5.74) is 0.851.